The lowest BCUT2D eigenvalue weighted by Crippen LogP contribution is -2.43. The maximum Gasteiger partial charge on any atom is 0.376 e. The second-order valence-corrected chi connectivity index (χ2v) is 4.73. The van der Waals surface area contributed by atoms with Gasteiger partial charge in [0.1, 0.15) is 0 Å². The Bertz CT molecular complexity index is 432. The summed E-state index contributed by atoms with van der Waals surface area (Å²) in [6.45, 7) is 3.60. The molecule has 1 fully saturated rings. The molecule has 0 saturated carbocycles. The molecule has 6 nitrogen and oxygen atoms in total. The number of nitrogens with zero attached hydrogens (tertiary/aromatic N) is 4. The van der Waals surface area contributed by atoms with Crippen LogP contribution in [0.4, 0.5) is 5.95 Å². The van der Waals surface area contributed by atoms with Gasteiger partial charge in [0.2, 0.25) is 5.95 Å². The topological polar surface area (TPSA) is 73.6 Å². The van der Waals surface area contributed by atoms with E-state index in [1.54, 1.807) is 13.2 Å². The van der Waals surface area contributed by atoms with Crippen molar-refractivity contribution in [3.05, 3.63) is 18.0 Å². The molecule has 1 saturated heterocycles. The molecule has 7 heteroatoms. The van der Waals surface area contributed by atoms with E-state index >= 15 is 0 Å². The molecule has 0 bridgehead atoms. The highest BCUT2D eigenvalue weighted by atomic mass is 16.2. The van der Waals surface area contributed by atoms with Crippen molar-refractivity contribution in [3.8, 4) is 0 Å². The Morgan fingerprint density at radius 2 is 2.26 bits per heavy atom. The summed E-state index contributed by atoms with van der Waals surface area (Å²) in [4.78, 5) is 15.0. The minimum Gasteiger partial charge on any atom is -0.437 e. The third kappa shape index (κ3) is 4.00. The van der Waals surface area contributed by atoms with Gasteiger partial charge in [-0.05, 0) is 38.8 Å². The van der Waals surface area contributed by atoms with Crippen molar-refractivity contribution in [2.24, 2.45) is 4.99 Å². The lowest BCUT2D eigenvalue weighted by Gasteiger charge is -2.30. The summed E-state index contributed by atoms with van der Waals surface area (Å²) >= 11 is 0. The predicted octanol–water partition coefficient (Wildman–Crippen LogP) is 0.512. The second-order valence-electron chi connectivity index (χ2n) is 4.73. The van der Waals surface area contributed by atoms with Crippen LogP contribution in [0.15, 0.2) is 17.3 Å². The molecular weight excluding hydrogens is 241 g/mol. The lowest BCUT2D eigenvalue weighted by molar-refractivity contribution is 0.291. The van der Waals surface area contributed by atoms with Gasteiger partial charge in [-0.3, -0.25) is 4.99 Å². The first kappa shape index (κ1) is 14.0. The quantitative estimate of drug-likeness (QED) is 0.610. The van der Waals surface area contributed by atoms with E-state index in [0.717, 1.165) is 31.6 Å². The Kier molecular flexibility index (Phi) is 4.87. The highest BCUT2D eigenvalue weighted by Crippen LogP contribution is 2.14. The van der Waals surface area contributed by atoms with Gasteiger partial charge in [0, 0.05) is 19.5 Å². The molecule has 2 heterocycles. The van der Waals surface area contributed by atoms with E-state index in [1.165, 1.54) is 0 Å². The lowest BCUT2D eigenvalue weighted by atomic mass is 9.82. The van der Waals surface area contributed by atoms with E-state index in [4.69, 9.17) is 0 Å². The van der Waals surface area contributed by atoms with Gasteiger partial charge in [-0.1, -0.05) is 0 Å². The number of hydrogen-bond acceptors (Lipinski definition) is 6. The standard InChI is InChI=1S/C12H20BN5O/c1-13(19)18-7-4-10(5-8-18)16-9-11-3-6-15-12(14-2)17-11/h3,6,9-10,19H,4-5,7-8H2,1-2H3,(H,14,15,17). The molecule has 0 radical (unpaired) electrons. The van der Waals surface area contributed by atoms with Crippen LogP contribution >= 0.6 is 0 Å². The van der Waals surface area contributed by atoms with Crippen LogP contribution < -0.4 is 5.32 Å². The Morgan fingerprint density at radius 3 is 2.89 bits per heavy atom. The van der Waals surface area contributed by atoms with Gasteiger partial charge in [0.25, 0.3) is 0 Å². The van der Waals surface area contributed by atoms with E-state index < -0.39 is 0 Å². The van der Waals surface area contributed by atoms with Crippen LogP contribution in [0.25, 0.3) is 0 Å². The number of aliphatic imine (C=N–C) groups is 1. The molecule has 0 spiro atoms. The summed E-state index contributed by atoms with van der Waals surface area (Å²) in [6.07, 6.45) is 5.48. The van der Waals surface area contributed by atoms with E-state index in [1.807, 2.05) is 19.1 Å². The van der Waals surface area contributed by atoms with Gasteiger partial charge in [-0.2, -0.15) is 0 Å². The van der Waals surface area contributed by atoms with Crippen LogP contribution in [0.1, 0.15) is 18.5 Å². The van der Waals surface area contributed by atoms with Crippen LogP contribution in [0, 0.1) is 0 Å². The molecule has 2 rings (SSSR count). The zero-order valence-corrected chi connectivity index (χ0v) is 11.5. The fourth-order valence-corrected chi connectivity index (χ4v) is 2.16. The molecule has 0 atom stereocenters. The highest BCUT2D eigenvalue weighted by Gasteiger charge is 2.23. The molecule has 0 aliphatic carbocycles. The summed E-state index contributed by atoms with van der Waals surface area (Å²) in [5.41, 5.74) is 0.817. The monoisotopic (exact) mass is 261 g/mol. The zero-order chi connectivity index (χ0) is 13.7. The normalized spacial score (nSPS) is 17.8. The molecule has 1 aromatic heterocycles. The molecule has 0 unspecified atom stereocenters. The average molecular weight is 261 g/mol. The van der Waals surface area contributed by atoms with Gasteiger partial charge in [0.15, 0.2) is 0 Å². The van der Waals surface area contributed by atoms with Crippen LogP contribution in [0.3, 0.4) is 0 Å². The molecular formula is C12H20BN5O. The fraction of sp³-hybridized carbons (Fsp3) is 0.583. The van der Waals surface area contributed by atoms with Crippen molar-refractivity contribution in [1.82, 2.24) is 14.8 Å². The summed E-state index contributed by atoms with van der Waals surface area (Å²) in [5.74, 6) is 0.605. The maximum atomic E-state index is 9.49. The second kappa shape index (κ2) is 6.63. The van der Waals surface area contributed by atoms with Crippen molar-refractivity contribution in [2.45, 2.75) is 25.7 Å². The van der Waals surface area contributed by atoms with Crippen molar-refractivity contribution in [3.63, 3.8) is 0 Å². The average Bonchev–Trinajstić information content (AvgIpc) is 2.46. The van der Waals surface area contributed by atoms with Gasteiger partial charge in [-0.15, -0.1) is 0 Å². The summed E-state index contributed by atoms with van der Waals surface area (Å²) in [5, 5.41) is 12.4. The first-order chi connectivity index (χ1) is 9.19. The van der Waals surface area contributed by atoms with Crippen molar-refractivity contribution >= 4 is 19.2 Å². The maximum absolute atomic E-state index is 9.49. The van der Waals surface area contributed by atoms with Crippen LogP contribution in [-0.2, 0) is 0 Å². The van der Waals surface area contributed by atoms with Crippen LogP contribution in [-0.4, -0.2) is 59.2 Å². The molecule has 102 valence electrons. The van der Waals surface area contributed by atoms with Gasteiger partial charge >= 0.3 is 7.05 Å². The third-order valence-electron chi connectivity index (χ3n) is 3.35. The predicted molar refractivity (Wildman–Crippen MR) is 77.6 cm³/mol. The number of piperidine rings is 1. The Hall–Kier alpha value is -1.47. The van der Waals surface area contributed by atoms with Crippen LogP contribution in [0.5, 0.6) is 0 Å². The van der Waals surface area contributed by atoms with Gasteiger partial charge in [-0.25, -0.2) is 9.97 Å². The first-order valence-electron chi connectivity index (χ1n) is 6.65. The van der Waals surface area contributed by atoms with E-state index in [-0.39, 0.29) is 7.05 Å². The zero-order valence-electron chi connectivity index (χ0n) is 11.5. The fourth-order valence-electron chi connectivity index (χ4n) is 2.16. The van der Waals surface area contributed by atoms with Crippen LogP contribution in [0.2, 0.25) is 6.82 Å². The molecule has 2 N–H and O–H groups in total. The number of nitrogens with one attached hydrogen (secondary N) is 1. The molecule has 0 amide bonds. The summed E-state index contributed by atoms with van der Waals surface area (Å²) in [7, 11) is 1.44. The van der Waals surface area contributed by atoms with E-state index in [2.05, 4.69) is 25.1 Å². The summed E-state index contributed by atoms with van der Waals surface area (Å²) < 4.78 is 0. The van der Waals surface area contributed by atoms with E-state index in [9.17, 15) is 5.02 Å². The number of aromatic nitrogens is 2. The minimum atomic E-state index is -0.356. The van der Waals surface area contributed by atoms with Crippen molar-refractivity contribution < 1.29 is 5.02 Å². The summed E-state index contributed by atoms with van der Waals surface area (Å²) in [6, 6.07) is 2.16. The Morgan fingerprint density at radius 1 is 1.53 bits per heavy atom. The number of anilines is 1. The van der Waals surface area contributed by atoms with Crippen molar-refractivity contribution in [1.29, 1.82) is 0 Å². The third-order valence-corrected chi connectivity index (χ3v) is 3.35. The minimum absolute atomic E-state index is 0.322. The van der Waals surface area contributed by atoms with E-state index in [0.29, 0.717) is 12.0 Å². The molecule has 1 aromatic rings. The highest BCUT2D eigenvalue weighted by molar-refractivity contribution is 6.45. The SMILES string of the molecule is CNc1nccc(C=NC2CCN(B(C)O)CC2)n1. The number of rotatable bonds is 4. The Balaban J connectivity index is 1.89. The molecule has 0 aromatic carbocycles. The van der Waals surface area contributed by atoms with Gasteiger partial charge < -0.3 is 15.2 Å². The van der Waals surface area contributed by atoms with Crippen molar-refractivity contribution in [2.75, 3.05) is 25.5 Å². The molecule has 19 heavy (non-hydrogen) atoms. The largest absolute Gasteiger partial charge is 0.437 e. The van der Waals surface area contributed by atoms with Gasteiger partial charge in [0.05, 0.1) is 11.7 Å². The Labute approximate surface area is 114 Å². The molecule has 1 aliphatic rings. The number of hydrogen-bond donors (Lipinski definition) is 2. The molecule has 1 aliphatic heterocycles. The first-order valence-corrected chi connectivity index (χ1v) is 6.65. The smallest absolute Gasteiger partial charge is 0.376 e.